The third-order valence-corrected chi connectivity index (χ3v) is 6.73. The molecule has 1 aliphatic rings. The maximum Gasteiger partial charge on any atom is 0.269 e. The fraction of sp³-hybridized carbons (Fsp3) is 0.308. The molecule has 3 aromatic rings. The number of likely N-dealkylation sites (tertiary alicyclic amines) is 1. The van der Waals surface area contributed by atoms with E-state index in [1.807, 2.05) is 17.0 Å². The van der Waals surface area contributed by atoms with Gasteiger partial charge >= 0.3 is 0 Å². The molecule has 4 rings (SSSR count). The first-order chi connectivity index (χ1) is 16.3. The van der Waals surface area contributed by atoms with Crippen molar-refractivity contribution in [2.75, 3.05) is 13.1 Å². The molecule has 0 aliphatic carbocycles. The lowest BCUT2D eigenvalue weighted by Crippen LogP contribution is -2.35. The number of halogens is 3. The molecule has 2 heterocycles. The number of hydrogen-bond donors (Lipinski definition) is 0. The molecular weight excluding hydrogens is 506 g/mol. The maximum absolute atomic E-state index is 13.9. The minimum absolute atomic E-state index is 0.0430. The molecule has 34 heavy (non-hydrogen) atoms. The normalized spacial score (nSPS) is 13.7. The second kappa shape index (κ2) is 10.5. The highest BCUT2D eigenvalue weighted by Crippen LogP contribution is 2.24. The maximum atomic E-state index is 13.9. The second-order valence-corrected chi connectivity index (χ2v) is 9.22. The van der Waals surface area contributed by atoms with Crippen LogP contribution < -0.4 is 10.3 Å². The summed E-state index contributed by atoms with van der Waals surface area (Å²) in [6.45, 7) is 3.57. The van der Waals surface area contributed by atoms with Gasteiger partial charge in [-0.25, -0.2) is 8.78 Å². The van der Waals surface area contributed by atoms with E-state index in [0.29, 0.717) is 17.8 Å². The first-order valence-corrected chi connectivity index (χ1v) is 12.0. The van der Waals surface area contributed by atoms with Gasteiger partial charge in [0, 0.05) is 42.0 Å². The van der Waals surface area contributed by atoms with Gasteiger partial charge < -0.3 is 14.2 Å². The lowest BCUT2D eigenvalue weighted by molar-refractivity contribution is 0.0724. The van der Waals surface area contributed by atoms with Crippen LogP contribution in [-0.4, -0.2) is 28.5 Å². The monoisotopic (exact) mass is 530 g/mol. The van der Waals surface area contributed by atoms with Gasteiger partial charge in [-0.15, -0.1) is 0 Å². The lowest BCUT2D eigenvalue weighted by Gasteiger charge is -2.26. The summed E-state index contributed by atoms with van der Waals surface area (Å²) in [6, 6.07) is 12.3. The van der Waals surface area contributed by atoms with E-state index in [1.54, 1.807) is 29.7 Å². The zero-order valence-corrected chi connectivity index (χ0v) is 20.4. The van der Waals surface area contributed by atoms with Gasteiger partial charge in [-0.1, -0.05) is 12.1 Å². The van der Waals surface area contributed by atoms with E-state index in [9.17, 15) is 18.4 Å². The molecule has 2 aromatic carbocycles. The van der Waals surface area contributed by atoms with E-state index in [-0.39, 0.29) is 33.9 Å². The highest BCUT2D eigenvalue weighted by Gasteiger charge is 2.18. The van der Waals surface area contributed by atoms with E-state index < -0.39 is 11.6 Å². The Labute approximate surface area is 205 Å². The Morgan fingerprint density at radius 1 is 1.03 bits per heavy atom. The summed E-state index contributed by atoms with van der Waals surface area (Å²) in [4.78, 5) is 27.5. The smallest absolute Gasteiger partial charge is 0.269 e. The molecule has 1 saturated heterocycles. The van der Waals surface area contributed by atoms with Gasteiger partial charge in [-0.05, 0) is 71.9 Å². The summed E-state index contributed by atoms with van der Waals surface area (Å²) >= 11 is 3.29. The van der Waals surface area contributed by atoms with Crippen LogP contribution in [0.5, 0.6) is 5.75 Å². The lowest BCUT2D eigenvalue weighted by atomic mass is 10.1. The molecule has 8 heteroatoms. The van der Waals surface area contributed by atoms with E-state index in [1.165, 1.54) is 12.5 Å². The van der Waals surface area contributed by atoms with Crippen LogP contribution in [0.3, 0.4) is 0 Å². The average Bonchev–Trinajstić information content (AvgIpc) is 2.84. The summed E-state index contributed by atoms with van der Waals surface area (Å²) in [5, 5.41) is 0. The van der Waals surface area contributed by atoms with Gasteiger partial charge in [0.15, 0.2) is 0 Å². The summed E-state index contributed by atoms with van der Waals surface area (Å²) in [7, 11) is 0. The van der Waals surface area contributed by atoms with Crippen molar-refractivity contribution in [3.8, 4) is 5.75 Å². The summed E-state index contributed by atoms with van der Waals surface area (Å²) < 4.78 is 34.4. The standard InChI is InChI=1S/C26H25BrF2N2O3/c1-17-13-23(34-16-20-9-10-21(28)14-22(20)29)24(27)26(33)31(17)15-18-5-7-19(8-6-18)25(32)30-11-3-2-4-12-30/h5-10,13-14H,2-4,11-12,15-16H2,1H3. The molecule has 0 radical (unpaired) electrons. The third-order valence-electron chi connectivity index (χ3n) is 6.00. The fourth-order valence-corrected chi connectivity index (χ4v) is 4.47. The largest absolute Gasteiger partial charge is 0.487 e. The number of carbonyl (C=O) groups is 1. The van der Waals surface area contributed by atoms with E-state index >= 15 is 0 Å². The minimum atomic E-state index is -0.705. The third kappa shape index (κ3) is 5.38. The quantitative estimate of drug-likeness (QED) is 0.425. The van der Waals surface area contributed by atoms with Crippen molar-refractivity contribution in [2.45, 2.75) is 39.3 Å². The number of carbonyl (C=O) groups excluding carboxylic acids is 1. The van der Waals surface area contributed by atoms with Gasteiger partial charge in [0.2, 0.25) is 0 Å². The van der Waals surface area contributed by atoms with E-state index in [4.69, 9.17) is 4.74 Å². The van der Waals surface area contributed by atoms with Crippen LogP contribution in [0.4, 0.5) is 8.78 Å². The van der Waals surface area contributed by atoms with Crippen LogP contribution in [0, 0.1) is 18.6 Å². The topological polar surface area (TPSA) is 51.5 Å². The van der Waals surface area contributed by atoms with Crippen LogP contribution in [0.25, 0.3) is 0 Å². The second-order valence-electron chi connectivity index (χ2n) is 8.43. The highest BCUT2D eigenvalue weighted by atomic mass is 79.9. The number of amides is 1. The van der Waals surface area contributed by atoms with Gasteiger partial charge in [0.25, 0.3) is 11.5 Å². The predicted octanol–water partition coefficient (Wildman–Crippen LogP) is 5.45. The van der Waals surface area contributed by atoms with Crippen molar-refractivity contribution in [2.24, 2.45) is 0 Å². The molecule has 0 atom stereocenters. The zero-order chi connectivity index (χ0) is 24.2. The number of aromatic nitrogens is 1. The summed E-state index contributed by atoms with van der Waals surface area (Å²) in [6.07, 6.45) is 3.25. The van der Waals surface area contributed by atoms with Crippen LogP contribution in [-0.2, 0) is 13.2 Å². The van der Waals surface area contributed by atoms with Gasteiger partial charge in [-0.2, -0.15) is 0 Å². The molecule has 0 bridgehead atoms. The van der Waals surface area contributed by atoms with Gasteiger partial charge in [-0.3, -0.25) is 9.59 Å². The fourth-order valence-electron chi connectivity index (χ4n) is 4.03. The SMILES string of the molecule is Cc1cc(OCc2ccc(F)cc2F)c(Br)c(=O)n1Cc1ccc(C(=O)N2CCCCC2)cc1. The Morgan fingerprint density at radius 3 is 2.41 bits per heavy atom. The number of piperidine rings is 1. The van der Waals surface area contributed by atoms with Crippen molar-refractivity contribution in [3.63, 3.8) is 0 Å². The molecular formula is C26H25BrF2N2O3. The van der Waals surface area contributed by atoms with E-state index in [2.05, 4.69) is 15.9 Å². The van der Waals surface area contributed by atoms with Gasteiger partial charge in [0.1, 0.15) is 28.5 Å². The Morgan fingerprint density at radius 2 is 1.74 bits per heavy atom. The summed E-state index contributed by atoms with van der Waals surface area (Å²) in [5.74, 6) is -1.04. The number of benzene rings is 2. The first kappa shape index (κ1) is 24.1. The van der Waals surface area contributed by atoms with E-state index in [0.717, 1.165) is 43.6 Å². The number of rotatable bonds is 6. The van der Waals surface area contributed by atoms with Crippen molar-refractivity contribution < 1.29 is 18.3 Å². The molecule has 0 spiro atoms. The Kier molecular flexibility index (Phi) is 7.46. The number of ether oxygens (including phenoxy) is 1. The van der Waals surface area contributed by atoms with Crippen LogP contribution >= 0.6 is 15.9 Å². The molecule has 1 aromatic heterocycles. The molecule has 178 valence electrons. The van der Waals surface area contributed by atoms with Crippen LogP contribution in [0.1, 0.15) is 46.4 Å². The Hall–Kier alpha value is -3.00. The zero-order valence-electron chi connectivity index (χ0n) is 18.8. The number of pyridine rings is 1. The molecule has 0 saturated carbocycles. The molecule has 0 N–H and O–H groups in total. The Bertz CT molecular complexity index is 1250. The van der Waals surface area contributed by atoms with Crippen molar-refractivity contribution in [1.82, 2.24) is 9.47 Å². The van der Waals surface area contributed by atoms with Crippen molar-refractivity contribution in [1.29, 1.82) is 0 Å². The predicted molar refractivity (Wildman–Crippen MR) is 129 cm³/mol. The highest BCUT2D eigenvalue weighted by molar-refractivity contribution is 9.10. The Balaban J connectivity index is 1.47. The van der Waals surface area contributed by atoms with Crippen LogP contribution in [0.15, 0.2) is 57.8 Å². The first-order valence-electron chi connectivity index (χ1n) is 11.2. The molecule has 5 nitrogen and oxygen atoms in total. The summed E-state index contributed by atoms with van der Waals surface area (Å²) in [5.41, 5.74) is 2.09. The average molecular weight is 531 g/mol. The number of aryl methyl sites for hydroxylation is 1. The van der Waals surface area contributed by atoms with Crippen molar-refractivity contribution >= 4 is 21.8 Å². The minimum Gasteiger partial charge on any atom is -0.487 e. The van der Waals surface area contributed by atoms with Crippen LogP contribution in [0.2, 0.25) is 0 Å². The molecule has 0 unspecified atom stereocenters. The number of hydrogen-bond acceptors (Lipinski definition) is 3. The molecule has 1 amide bonds. The van der Waals surface area contributed by atoms with Gasteiger partial charge in [0.05, 0.1) is 6.54 Å². The van der Waals surface area contributed by atoms with Crippen molar-refractivity contribution in [3.05, 3.63) is 97.4 Å². The molecule has 1 aliphatic heterocycles. The molecule has 1 fully saturated rings. The number of nitrogens with zero attached hydrogens (tertiary/aromatic N) is 2.